The smallest absolute Gasteiger partial charge is 0.0859 e. The maximum atomic E-state index is 9.42. The Morgan fingerprint density at radius 2 is 2.00 bits per heavy atom. The van der Waals surface area contributed by atoms with Gasteiger partial charge in [0.2, 0.25) is 0 Å². The third-order valence-corrected chi connectivity index (χ3v) is 2.03. The van der Waals surface area contributed by atoms with E-state index in [1.165, 1.54) is 0 Å². The number of hydrogen-bond donors (Lipinski definition) is 2. The third-order valence-electron chi connectivity index (χ3n) is 2.03. The molecule has 3 heteroatoms. The van der Waals surface area contributed by atoms with Crippen LogP contribution < -0.4 is 0 Å². The Morgan fingerprint density at radius 3 is 2.45 bits per heavy atom. The van der Waals surface area contributed by atoms with E-state index in [2.05, 4.69) is 0 Å². The van der Waals surface area contributed by atoms with Gasteiger partial charge in [0, 0.05) is 6.42 Å². The summed E-state index contributed by atoms with van der Waals surface area (Å²) in [6.07, 6.45) is -0.639. The molecular weight excluding hydrogens is 144 g/mol. The van der Waals surface area contributed by atoms with E-state index in [4.69, 9.17) is 9.84 Å². The molecule has 11 heavy (non-hydrogen) atoms. The highest BCUT2D eigenvalue weighted by Crippen LogP contribution is 2.20. The average molecular weight is 160 g/mol. The Morgan fingerprint density at radius 1 is 1.36 bits per heavy atom. The van der Waals surface area contributed by atoms with Crippen LogP contribution >= 0.6 is 0 Å². The number of rotatable bonds is 1. The predicted molar refractivity (Wildman–Crippen MR) is 41.2 cm³/mol. The Hall–Kier alpha value is -0.120. The van der Waals surface area contributed by atoms with Crippen molar-refractivity contribution in [3.63, 3.8) is 0 Å². The first-order valence-corrected chi connectivity index (χ1v) is 4.09. The summed E-state index contributed by atoms with van der Waals surface area (Å²) in [6.45, 7) is 4.37. The largest absolute Gasteiger partial charge is 0.391 e. The summed E-state index contributed by atoms with van der Waals surface area (Å²) < 4.78 is 5.26. The Bertz CT molecular complexity index is 125. The van der Waals surface area contributed by atoms with Crippen LogP contribution in [0.4, 0.5) is 0 Å². The molecule has 0 aromatic heterocycles. The van der Waals surface area contributed by atoms with Crippen molar-refractivity contribution in [1.29, 1.82) is 0 Å². The zero-order valence-corrected chi connectivity index (χ0v) is 7.03. The third kappa shape index (κ3) is 2.15. The van der Waals surface area contributed by atoms with Gasteiger partial charge in [0.15, 0.2) is 0 Å². The summed E-state index contributed by atoms with van der Waals surface area (Å²) in [4.78, 5) is 0. The van der Waals surface area contributed by atoms with Gasteiger partial charge in [-0.05, 0) is 5.92 Å². The Kier molecular flexibility index (Phi) is 2.87. The minimum absolute atomic E-state index is 0.0987. The molecule has 0 aliphatic carbocycles. The maximum absolute atomic E-state index is 9.42. The highest BCUT2D eigenvalue weighted by molar-refractivity contribution is 4.79. The van der Waals surface area contributed by atoms with Crippen LogP contribution in [0.25, 0.3) is 0 Å². The van der Waals surface area contributed by atoms with E-state index >= 15 is 0 Å². The molecular formula is C8H16O3. The van der Waals surface area contributed by atoms with Crippen molar-refractivity contribution in [3.05, 3.63) is 0 Å². The van der Waals surface area contributed by atoms with Crippen LogP contribution in [-0.2, 0) is 4.74 Å². The van der Waals surface area contributed by atoms with Crippen LogP contribution in [0.3, 0.4) is 0 Å². The van der Waals surface area contributed by atoms with Crippen molar-refractivity contribution in [2.45, 2.75) is 38.6 Å². The van der Waals surface area contributed by atoms with Gasteiger partial charge in [0.05, 0.1) is 24.9 Å². The van der Waals surface area contributed by atoms with Crippen LogP contribution in [0.5, 0.6) is 0 Å². The molecule has 1 heterocycles. The fourth-order valence-corrected chi connectivity index (χ4v) is 1.45. The zero-order valence-electron chi connectivity index (χ0n) is 7.03. The van der Waals surface area contributed by atoms with Crippen molar-refractivity contribution in [3.8, 4) is 0 Å². The molecule has 0 aromatic carbocycles. The highest BCUT2D eigenvalue weighted by Gasteiger charge is 2.30. The van der Waals surface area contributed by atoms with Gasteiger partial charge in [0.1, 0.15) is 0 Å². The van der Waals surface area contributed by atoms with Crippen LogP contribution in [0, 0.1) is 5.92 Å². The van der Waals surface area contributed by atoms with Crippen molar-refractivity contribution in [2.24, 2.45) is 5.92 Å². The number of aliphatic hydroxyl groups excluding tert-OH is 2. The van der Waals surface area contributed by atoms with E-state index in [1.807, 2.05) is 13.8 Å². The van der Waals surface area contributed by atoms with Crippen molar-refractivity contribution >= 4 is 0 Å². The summed E-state index contributed by atoms with van der Waals surface area (Å²) in [5.74, 6) is 0.317. The molecule has 0 amide bonds. The number of hydrogen-bond acceptors (Lipinski definition) is 3. The predicted octanol–water partition coefficient (Wildman–Crippen LogP) is 0.153. The standard InChI is InChI=1S/C8H16O3/c1-5(2)8-7(10)3-6(9)4-11-8/h5-10H,3-4H2,1-2H3/t6-,7+,8+/m0/s1. The SMILES string of the molecule is CC(C)[C@H]1OC[C@@H](O)C[C@H]1O. The van der Waals surface area contributed by atoms with Crippen LogP contribution in [0.15, 0.2) is 0 Å². The van der Waals surface area contributed by atoms with Gasteiger partial charge in [-0.2, -0.15) is 0 Å². The van der Waals surface area contributed by atoms with Gasteiger partial charge in [-0.3, -0.25) is 0 Å². The summed E-state index contributed by atoms with van der Waals surface area (Å²) in [5.41, 5.74) is 0. The van der Waals surface area contributed by atoms with Crippen molar-refractivity contribution in [1.82, 2.24) is 0 Å². The molecule has 0 spiro atoms. The lowest BCUT2D eigenvalue weighted by Gasteiger charge is -2.33. The van der Waals surface area contributed by atoms with Crippen molar-refractivity contribution < 1.29 is 14.9 Å². The number of aliphatic hydroxyl groups is 2. The van der Waals surface area contributed by atoms with Crippen LogP contribution in [0.2, 0.25) is 0 Å². The quantitative estimate of drug-likeness (QED) is 0.574. The normalized spacial score (nSPS) is 39.5. The first kappa shape index (κ1) is 8.97. The molecule has 1 rings (SSSR count). The van der Waals surface area contributed by atoms with E-state index in [9.17, 15) is 5.11 Å². The van der Waals surface area contributed by atoms with E-state index in [1.54, 1.807) is 0 Å². The monoisotopic (exact) mass is 160 g/mol. The second kappa shape index (κ2) is 3.52. The summed E-state index contributed by atoms with van der Waals surface area (Å²) in [6, 6.07) is 0. The molecule has 0 radical (unpaired) electrons. The summed E-state index contributed by atoms with van der Waals surface area (Å²) in [5, 5.41) is 18.5. The van der Waals surface area contributed by atoms with Crippen molar-refractivity contribution in [2.75, 3.05) is 6.61 Å². The van der Waals surface area contributed by atoms with E-state index < -0.39 is 12.2 Å². The number of ether oxygens (including phenoxy) is 1. The fourth-order valence-electron chi connectivity index (χ4n) is 1.45. The van der Waals surface area contributed by atoms with Gasteiger partial charge < -0.3 is 14.9 Å². The second-order valence-corrected chi connectivity index (χ2v) is 3.50. The highest BCUT2D eigenvalue weighted by atomic mass is 16.5. The first-order valence-electron chi connectivity index (χ1n) is 4.09. The van der Waals surface area contributed by atoms with E-state index in [0.29, 0.717) is 18.9 Å². The molecule has 1 aliphatic rings. The molecule has 3 nitrogen and oxygen atoms in total. The van der Waals surface area contributed by atoms with Gasteiger partial charge >= 0.3 is 0 Å². The maximum Gasteiger partial charge on any atom is 0.0859 e. The van der Waals surface area contributed by atoms with Gasteiger partial charge in [-0.25, -0.2) is 0 Å². The van der Waals surface area contributed by atoms with Crippen LogP contribution in [0.1, 0.15) is 20.3 Å². The van der Waals surface area contributed by atoms with Gasteiger partial charge in [-0.15, -0.1) is 0 Å². The molecule has 0 saturated carbocycles. The molecule has 66 valence electrons. The lowest BCUT2D eigenvalue weighted by atomic mass is 9.95. The van der Waals surface area contributed by atoms with Gasteiger partial charge in [-0.1, -0.05) is 13.8 Å². The van der Waals surface area contributed by atoms with E-state index in [0.717, 1.165) is 0 Å². The Labute approximate surface area is 67.0 Å². The molecule has 1 aliphatic heterocycles. The second-order valence-electron chi connectivity index (χ2n) is 3.50. The fraction of sp³-hybridized carbons (Fsp3) is 1.00. The lowest BCUT2D eigenvalue weighted by molar-refractivity contribution is -0.138. The lowest BCUT2D eigenvalue weighted by Crippen LogP contribution is -2.43. The molecule has 0 unspecified atom stereocenters. The topological polar surface area (TPSA) is 49.7 Å². The summed E-state index contributed by atoms with van der Waals surface area (Å²) in [7, 11) is 0. The molecule has 0 aromatic rings. The average Bonchev–Trinajstić information content (AvgIpc) is 1.85. The zero-order chi connectivity index (χ0) is 8.43. The van der Waals surface area contributed by atoms with E-state index in [-0.39, 0.29) is 6.10 Å². The first-order chi connectivity index (χ1) is 5.11. The molecule has 1 fully saturated rings. The summed E-state index contributed by atoms with van der Waals surface area (Å²) >= 11 is 0. The molecule has 2 N–H and O–H groups in total. The van der Waals surface area contributed by atoms with Crippen LogP contribution in [-0.4, -0.2) is 35.1 Å². The minimum Gasteiger partial charge on any atom is -0.391 e. The minimum atomic E-state index is -0.501. The molecule has 0 bridgehead atoms. The molecule has 1 saturated heterocycles. The molecule has 3 atom stereocenters. The Balaban J connectivity index is 2.44. The van der Waals surface area contributed by atoms with Gasteiger partial charge in [0.25, 0.3) is 0 Å².